The van der Waals surface area contributed by atoms with Crippen LogP contribution in [-0.2, 0) is 20.8 Å². The maximum Gasteiger partial charge on any atom is 0.240 e. The Bertz CT molecular complexity index is 1480. The predicted molar refractivity (Wildman–Crippen MR) is 195 cm³/mol. The lowest BCUT2D eigenvalue weighted by Crippen LogP contribution is -2.23. The summed E-state index contributed by atoms with van der Waals surface area (Å²) in [6.07, 6.45) is 9.52. The van der Waals surface area contributed by atoms with Crippen LogP contribution >= 0.6 is 11.8 Å². The molecule has 5 rings (SSSR count). The van der Waals surface area contributed by atoms with Crippen molar-refractivity contribution >= 4 is 41.5 Å². The van der Waals surface area contributed by atoms with Crippen LogP contribution in [0.15, 0.2) is 36.4 Å². The Morgan fingerprint density at radius 1 is 1.08 bits per heavy atom. The number of hydrogen-bond donors (Lipinski definition) is 4. The highest BCUT2D eigenvalue weighted by atomic mass is 32.2. The molecular weight excluding hydrogens is 627 g/mol. The molecule has 262 valence electrons. The number of fused-ring (bicyclic) bond motifs is 3. The molecule has 2 aromatic carbocycles. The number of nitrogens with zero attached hydrogens (tertiary/aromatic N) is 1. The van der Waals surface area contributed by atoms with Crippen LogP contribution in [0.2, 0.25) is 0 Å². The number of hydrogen-bond acceptors (Lipinski definition) is 8. The number of methoxy groups -OCH3 is 1. The zero-order valence-electron chi connectivity index (χ0n) is 29.4. The van der Waals surface area contributed by atoms with Gasteiger partial charge in [0.1, 0.15) is 0 Å². The van der Waals surface area contributed by atoms with E-state index in [0.29, 0.717) is 37.5 Å². The monoisotopic (exact) mass is 679 g/mol. The van der Waals surface area contributed by atoms with Crippen molar-refractivity contribution < 1.29 is 23.9 Å². The summed E-state index contributed by atoms with van der Waals surface area (Å²) in [4.78, 5) is 31.7. The Labute approximate surface area is 289 Å². The number of rotatable bonds is 16. The average molecular weight is 680 g/mol. The number of anilines is 2. The molecule has 1 saturated heterocycles. The second-order valence-electron chi connectivity index (χ2n) is 12.1. The third kappa shape index (κ3) is 11.6. The maximum atomic E-state index is 10.8. The van der Waals surface area contributed by atoms with Crippen molar-refractivity contribution in [3.8, 4) is 22.8 Å². The molecule has 4 N–H and O–H groups in total. The van der Waals surface area contributed by atoms with E-state index in [1.165, 1.54) is 55.0 Å². The second-order valence-corrected chi connectivity index (χ2v) is 13.6. The Morgan fingerprint density at radius 2 is 1.90 bits per heavy atom. The molecule has 2 unspecified atom stereocenters. The Morgan fingerprint density at radius 3 is 2.54 bits per heavy atom. The fourth-order valence-corrected chi connectivity index (χ4v) is 6.52. The summed E-state index contributed by atoms with van der Waals surface area (Å²) in [6.45, 7) is 12.0. The first kappa shape index (κ1) is 38.5. The van der Waals surface area contributed by atoms with Gasteiger partial charge in [0.2, 0.25) is 18.2 Å². The van der Waals surface area contributed by atoms with Crippen molar-refractivity contribution in [1.29, 1.82) is 0 Å². The second kappa shape index (κ2) is 20.4. The lowest BCUT2D eigenvalue weighted by atomic mass is 10.00. The van der Waals surface area contributed by atoms with Gasteiger partial charge in [-0.1, -0.05) is 71.9 Å². The van der Waals surface area contributed by atoms with E-state index in [2.05, 4.69) is 66.0 Å². The van der Waals surface area contributed by atoms with Gasteiger partial charge in [-0.25, -0.2) is 0 Å². The van der Waals surface area contributed by atoms with Crippen LogP contribution in [-0.4, -0.2) is 59.7 Å². The SMILES string of the molecule is CCCCC(C)CCC.CCSC1CC(=O)NC1=O.COc1cc2c(cc1OCCCNC=O)Cc1c(Nc3cccc(C)c3)n[nH]c1-2. The molecule has 0 spiro atoms. The van der Waals surface area contributed by atoms with Crippen LogP contribution in [0.25, 0.3) is 11.3 Å². The zero-order valence-corrected chi connectivity index (χ0v) is 30.2. The van der Waals surface area contributed by atoms with Gasteiger partial charge in [-0.05, 0) is 60.4 Å². The van der Waals surface area contributed by atoms with Gasteiger partial charge in [0.15, 0.2) is 17.3 Å². The molecule has 48 heavy (non-hydrogen) atoms. The van der Waals surface area contributed by atoms with Gasteiger partial charge in [-0.3, -0.25) is 24.8 Å². The number of aromatic amines is 1. The number of benzene rings is 2. The Kier molecular flexibility index (Phi) is 16.3. The molecule has 0 radical (unpaired) electrons. The number of aromatic nitrogens is 2. The average Bonchev–Trinajstić information content (AvgIpc) is 3.73. The first-order chi connectivity index (χ1) is 23.2. The van der Waals surface area contributed by atoms with Crippen molar-refractivity contribution in [2.24, 2.45) is 5.92 Å². The molecule has 11 heteroatoms. The van der Waals surface area contributed by atoms with E-state index in [1.807, 2.05) is 31.2 Å². The number of unbranched alkanes of at least 4 members (excludes halogenated alkanes) is 1. The summed E-state index contributed by atoms with van der Waals surface area (Å²) in [6, 6.07) is 12.2. The minimum atomic E-state index is -0.143. The highest BCUT2D eigenvalue weighted by Crippen LogP contribution is 2.44. The highest BCUT2D eigenvalue weighted by molar-refractivity contribution is 8.00. The molecule has 1 aromatic heterocycles. The van der Waals surface area contributed by atoms with Crippen molar-refractivity contribution in [3.05, 3.63) is 53.1 Å². The molecule has 10 nitrogen and oxygen atoms in total. The molecular formula is C37H53N5O5S. The molecule has 0 saturated carbocycles. The number of carbonyl (C=O) groups excluding carboxylic acids is 3. The van der Waals surface area contributed by atoms with Gasteiger partial charge in [-0.15, -0.1) is 11.8 Å². The van der Waals surface area contributed by atoms with Gasteiger partial charge in [0.25, 0.3) is 0 Å². The van der Waals surface area contributed by atoms with Crippen LogP contribution < -0.4 is 25.4 Å². The van der Waals surface area contributed by atoms with Crippen LogP contribution in [0.1, 0.15) is 89.3 Å². The molecule has 2 aliphatic rings. The van der Waals surface area contributed by atoms with Crippen LogP contribution in [0, 0.1) is 12.8 Å². The van der Waals surface area contributed by atoms with E-state index in [4.69, 9.17) is 9.47 Å². The summed E-state index contributed by atoms with van der Waals surface area (Å²) in [5, 5.41) is 15.8. The number of imide groups is 1. The van der Waals surface area contributed by atoms with Gasteiger partial charge >= 0.3 is 0 Å². The Hall–Kier alpha value is -3.99. The number of nitrogens with one attached hydrogen (secondary N) is 4. The van der Waals surface area contributed by atoms with E-state index >= 15 is 0 Å². The van der Waals surface area contributed by atoms with Gasteiger partial charge in [0.05, 0.1) is 24.7 Å². The maximum absolute atomic E-state index is 10.8. The van der Waals surface area contributed by atoms with Crippen LogP contribution in [0.5, 0.6) is 11.5 Å². The molecule has 2 atom stereocenters. The zero-order chi connectivity index (χ0) is 34.9. The lowest BCUT2D eigenvalue weighted by molar-refractivity contribution is -0.124. The van der Waals surface area contributed by atoms with Gasteiger partial charge in [-0.2, -0.15) is 5.10 Å². The van der Waals surface area contributed by atoms with Crippen LogP contribution in [0.4, 0.5) is 11.5 Å². The summed E-state index contributed by atoms with van der Waals surface area (Å²) < 4.78 is 11.4. The van der Waals surface area contributed by atoms with Crippen LogP contribution in [0.3, 0.4) is 0 Å². The van der Waals surface area contributed by atoms with Crippen molar-refractivity contribution in [1.82, 2.24) is 20.8 Å². The van der Waals surface area contributed by atoms with E-state index in [-0.39, 0.29) is 17.1 Å². The summed E-state index contributed by atoms with van der Waals surface area (Å²) in [7, 11) is 1.63. The smallest absolute Gasteiger partial charge is 0.240 e. The van der Waals surface area contributed by atoms with E-state index < -0.39 is 0 Å². The molecule has 1 aliphatic carbocycles. The first-order valence-electron chi connectivity index (χ1n) is 17.1. The first-order valence-corrected chi connectivity index (χ1v) is 18.2. The number of thioether (sulfide) groups is 1. The fourth-order valence-electron chi connectivity index (χ4n) is 5.64. The summed E-state index contributed by atoms with van der Waals surface area (Å²) in [5.41, 5.74) is 6.60. The van der Waals surface area contributed by atoms with Crippen molar-refractivity contribution in [2.45, 2.75) is 91.2 Å². The van der Waals surface area contributed by atoms with Crippen molar-refractivity contribution in [3.63, 3.8) is 0 Å². The molecule has 3 amide bonds. The molecule has 0 bridgehead atoms. The third-order valence-corrected chi connectivity index (χ3v) is 9.22. The molecule has 3 aromatic rings. The predicted octanol–water partition coefficient (Wildman–Crippen LogP) is 7.32. The molecule has 1 fully saturated rings. The lowest BCUT2D eigenvalue weighted by Gasteiger charge is -2.13. The topological polar surface area (TPSA) is 134 Å². The Balaban J connectivity index is 0.000000269. The molecule has 2 heterocycles. The minimum Gasteiger partial charge on any atom is -0.493 e. The summed E-state index contributed by atoms with van der Waals surface area (Å²) in [5.74, 6) is 3.81. The minimum absolute atomic E-state index is 0.127. The van der Waals surface area contributed by atoms with Gasteiger partial charge < -0.3 is 20.1 Å². The van der Waals surface area contributed by atoms with E-state index in [0.717, 1.165) is 52.8 Å². The van der Waals surface area contributed by atoms with Crippen molar-refractivity contribution in [2.75, 3.05) is 31.3 Å². The number of H-pyrrole nitrogens is 1. The number of ether oxygens (including phenoxy) is 2. The fraction of sp³-hybridized carbons (Fsp3) is 0.514. The number of aryl methyl sites for hydroxylation is 1. The molecule has 1 aliphatic heterocycles. The third-order valence-electron chi connectivity index (χ3n) is 8.11. The standard InChI is InChI=1S/C22H24N4O3.C9H20.C6H9NO2S/c1-14-5-3-6-16(9-14)24-22-18-10-15-11-20(29-8-4-7-23-13-27)19(28-2)12-17(15)21(18)25-26-22;1-4-6-8-9(3)7-5-2;1-2-10-4-3-5(8)7-6(4)9/h3,5-6,9,11-13H,4,7-8,10H2,1-2H3,(H,23,27)(H2,24,25,26);9H,4-8H2,1-3H3;4H,2-3H2,1H3,(H,7,8,9). The van der Waals surface area contributed by atoms with Gasteiger partial charge in [0, 0.05) is 36.2 Å². The highest BCUT2D eigenvalue weighted by Gasteiger charge is 2.30. The van der Waals surface area contributed by atoms with E-state index in [1.54, 1.807) is 7.11 Å². The largest absolute Gasteiger partial charge is 0.493 e. The normalized spacial score (nSPS) is 14.8. The number of carbonyl (C=O) groups is 3. The summed E-state index contributed by atoms with van der Waals surface area (Å²) >= 11 is 1.52. The number of amides is 3. The van der Waals surface area contributed by atoms with E-state index in [9.17, 15) is 14.4 Å². The quantitative estimate of drug-likeness (QED) is 0.0550.